The van der Waals surface area contributed by atoms with Crippen LogP contribution in [0.25, 0.3) is 0 Å². The van der Waals surface area contributed by atoms with E-state index in [4.69, 9.17) is 0 Å². The maximum Gasteiger partial charge on any atom is 0.120 e. The van der Waals surface area contributed by atoms with Gasteiger partial charge in [-0.25, -0.2) is 0 Å². The van der Waals surface area contributed by atoms with Crippen LogP contribution in [0.2, 0.25) is 0 Å². The summed E-state index contributed by atoms with van der Waals surface area (Å²) in [4.78, 5) is 0. The molecule has 0 fully saturated rings. The molecular formula is C7H7BrF2S. The minimum atomic E-state index is -2.92. The number of benzene rings is 1. The molecule has 62 valence electrons. The van der Waals surface area contributed by atoms with Crippen molar-refractivity contribution in [2.45, 2.75) is 4.16 Å². The third kappa shape index (κ3) is 2.45. The Bertz CT molecular complexity index is 215. The van der Waals surface area contributed by atoms with E-state index in [1.54, 1.807) is 24.3 Å². The van der Waals surface area contributed by atoms with Gasteiger partial charge in [0, 0.05) is 0 Å². The summed E-state index contributed by atoms with van der Waals surface area (Å²) in [6.07, 6.45) is 0. The molecule has 0 nitrogen and oxygen atoms in total. The second kappa shape index (κ2) is 4.07. The summed E-state index contributed by atoms with van der Waals surface area (Å²) >= 11 is 0.00779. The van der Waals surface area contributed by atoms with Gasteiger partial charge in [-0.2, -0.15) is 7.77 Å². The molecular weight excluding hydrogens is 234 g/mol. The molecule has 0 radical (unpaired) electrons. The molecule has 0 amide bonds. The highest BCUT2D eigenvalue weighted by molar-refractivity contribution is 9.11. The van der Waals surface area contributed by atoms with Gasteiger partial charge in [0.15, 0.2) is 0 Å². The van der Waals surface area contributed by atoms with E-state index in [9.17, 15) is 7.77 Å². The zero-order chi connectivity index (χ0) is 8.27. The van der Waals surface area contributed by atoms with E-state index in [2.05, 4.69) is 15.9 Å². The van der Waals surface area contributed by atoms with E-state index >= 15 is 0 Å². The fourth-order valence-electron chi connectivity index (χ4n) is 0.725. The minimum Gasteiger partial charge on any atom is -0.159 e. The van der Waals surface area contributed by atoms with Gasteiger partial charge in [0.05, 0.1) is 11.7 Å². The molecule has 0 aliphatic rings. The number of hydrogen-bond donors (Lipinski definition) is 1. The van der Waals surface area contributed by atoms with Crippen molar-refractivity contribution >= 4 is 27.6 Å². The highest BCUT2D eigenvalue weighted by Gasteiger charge is 2.13. The van der Waals surface area contributed by atoms with Crippen LogP contribution in [0.1, 0.15) is 9.72 Å². The van der Waals surface area contributed by atoms with Crippen molar-refractivity contribution in [2.75, 3.05) is 0 Å². The van der Waals surface area contributed by atoms with E-state index in [1.165, 1.54) is 0 Å². The van der Waals surface area contributed by atoms with Gasteiger partial charge >= 0.3 is 0 Å². The van der Waals surface area contributed by atoms with Crippen molar-refractivity contribution in [2.24, 2.45) is 0 Å². The maximum atomic E-state index is 12.1. The Labute approximate surface area is 75.7 Å². The Hall–Kier alpha value is -0.0900. The van der Waals surface area contributed by atoms with E-state index in [-0.39, 0.29) is 0 Å². The van der Waals surface area contributed by atoms with Crippen LogP contribution < -0.4 is 0 Å². The molecule has 1 aromatic rings. The van der Waals surface area contributed by atoms with Crippen LogP contribution in [0.4, 0.5) is 7.77 Å². The van der Waals surface area contributed by atoms with Crippen molar-refractivity contribution in [3.05, 3.63) is 35.9 Å². The molecule has 0 heterocycles. The highest BCUT2D eigenvalue weighted by atomic mass is 79.9. The zero-order valence-electron chi connectivity index (χ0n) is 5.55. The summed E-state index contributed by atoms with van der Waals surface area (Å²) in [6.45, 7) is 0. The molecule has 0 aromatic heterocycles. The lowest BCUT2D eigenvalue weighted by molar-refractivity contribution is 0.776. The maximum absolute atomic E-state index is 12.1. The van der Waals surface area contributed by atoms with E-state index < -0.39 is 15.8 Å². The van der Waals surface area contributed by atoms with Gasteiger partial charge < -0.3 is 0 Å². The zero-order valence-corrected chi connectivity index (χ0v) is 8.03. The molecule has 0 saturated carbocycles. The quantitative estimate of drug-likeness (QED) is 0.590. The Balaban J connectivity index is 2.77. The normalized spacial score (nSPS) is 14.3. The number of rotatable bonds is 2. The molecule has 0 spiro atoms. The summed E-state index contributed by atoms with van der Waals surface area (Å²) in [6, 6.07) is 8.69. The number of alkyl halides is 1. The summed E-state index contributed by atoms with van der Waals surface area (Å²) in [5.74, 6) is 0. The van der Waals surface area contributed by atoms with Gasteiger partial charge in [0.1, 0.15) is 4.16 Å². The number of thiol groups is 1. The SMILES string of the molecule is F[SH](F)C(Br)c1ccccc1. The first-order valence-corrected chi connectivity index (χ1v) is 5.12. The minimum absolute atomic E-state index is 0.642. The summed E-state index contributed by atoms with van der Waals surface area (Å²) in [5.41, 5.74) is 0.642. The van der Waals surface area contributed by atoms with Crippen LogP contribution in [0.3, 0.4) is 0 Å². The lowest BCUT2D eigenvalue weighted by Crippen LogP contribution is -1.83. The molecule has 0 saturated heterocycles. The van der Waals surface area contributed by atoms with Crippen LogP contribution in [0.15, 0.2) is 30.3 Å². The highest BCUT2D eigenvalue weighted by Crippen LogP contribution is 2.49. The van der Waals surface area contributed by atoms with Gasteiger partial charge in [-0.1, -0.05) is 46.3 Å². The first-order chi connectivity index (χ1) is 5.22. The van der Waals surface area contributed by atoms with Gasteiger partial charge in [0.25, 0.3) is 0 Å². The van der Waals surface area contributed by atoms with Gasteiger partial charge in [0.2, 0.25) is 0 Å². The van der Waals surface area contributed by atoms with Gasteiger partial charge in [-0.15, -0.1) is 0 Å². The average molecular weight is 241 g/mol. The van der Waals surface area contributed by atoms with Crippen molar-refractivity contribution < 1.29 is 7.77 Å². The van der Waals surface area contributed by atoms with Crippen LogP contribution in [-0.4, -0.2) is 0 Å². The third-order valence-corrected chi connectivity index (χ3v) is 3.34. The Morgan fingerprint density at radius 3 is 2.18 bits per heavy atom. The predicted octanol–water partition coefficient (Wildman–Crippen LogP) is 3.85. The summed E-state index contributed by atoms with van der Waals surface area (Å²) < 4.78 is 23.5. The summed E-state index contributed by atoms with van der Waals surface area (Å²) in [5, 5.41) is 0. The number of halogens is 3. The molecule has 1 rings (SSSR count). The fraction of sp³-hybridized carbons (Fsp3) is 0.143. The smallest absolute Gasteiger partial charge is 0.120 e. The van der Waals surface area contributed by atoms with Crippen molar-refractivity contribution in [1.29, 1.82) is 0 Å². The standard InChI is InChI=1S/C7H7BrF2S/c8-7(11(9)10)6-4-2-1-3-5-6/h1-5,7,11H. The second-order valence-electron chi connectivity index (χ2n) is 2.01. The lowest BCUT2D eigenvalue weighted by atomic mass is 10.2. The van der Waals surface area contributed by atoms with E-state index in [0.717, 1.165) is 0 Å². The fourth-order valence-corrected chi connectivity index (χ4v) is 1.43. The Morgan fingerprint density at radius 2 is 1.73 bits per heavy atom. The largest absolute Gasteiger partial charge is 0.159 e. The van der Waals surface area contributed by atoms with E-state index in [1.807, 2.05) is 6.07 Å². The van der Waals surface area contributed by atoms with Gasteiger partial charge in [-0.05, 0) is 5.56 Å². The Morgan fingerprint density at radius 1 is 1.18 bits per heavy atom. The monoisotopic (exact) mass is 240 g/mol. The van der Waals surface area contributed by atoms with Crippen LogP contribution in [0, 0.1) is 0 Å². The van der Waals surface area contributed by atoms with Crippen molar-refractivity contribution in [3.63, 3.8) is 0 Å². The van der Waals surface area contributed by atoms with Crippen molar-refractivity contribution in [3.8, 4) is 0 Å². The molecule has 1 unspecified atom stereocenters. The lowest BCUT2D eigenvalue weighted by Gasteiger charge is -2.09. The second-order valence-corrected chi connectivity index (χ2v) is 4.66. The number of hydrogen-bond acceptors (Lipinski definition) is 0. The average Bonchev–Trinajstić information content (AvgIpc) is 2.05. The van der Waals surface area contributed by atoms with E-state index in [0.29, 0.717) is 5.56 Å². The molecule has 1 aromatic carbocycles. The molecule has 0 bridgehead atoms. The summed E-state index contributed by atoms with van der Waals surface area (Å²) in [7, 11) is 0. The van der Waals surface area contributed by atoms with Crippen LogP contribution >= 0.6 is 27.6 Å². The first-order valence-electron chi connectivity index (χ1n) is 3.01. The molecule has 1 atom stereocenters. The van der Waals surface area contributed by atoms with Crippen LogP contribution in [-0.2, 0) is 0 Å². The topological polar surface area (TPSA) is 0 Å². The molecule has 0 aliphatic heterocycles. The Kier molecular flexibility index (Phi) is 3.33. The van der Waals surface area contributed by atoms with Crippen LogP contribution in [0.5, 0.6) is 0 Å². The first kappa shape index (κ1) is 9.00. The van der Waals surface area contributed by atoms with Gasteiger partial charge in [-0.3, -0.25) is 0 Å². The molecule has 11 heavy (non-hydrogen) atoms. The third-order valence-electron chi connectivity index (χ3n) is 1.25. The molecule has 0 aliphatic carbocycles. The molecule has 0 N–H and O–H groups in total. The predicted molar refractivity (Wildman–Crippen MR) is 49.3 cm³/mol. The van der Waals surface area contributed by atoms with Crippen molar-refractivity contribution in [1.82, 2.24) is 0 Å². The molecule has 4 heteroatoms.